The molecule has 0 spiro atoms. The quantitative estimate of drug-likeness (QED) is 0.712. The van der Waals surface area contributed by atoms with Gasteiger partial charge in [-0.3, -0.25) is 4.98 Å². The molecule has 0 saturated carbocycles. The summed E-state index contributed by atoms with van der Waals surface area (Å²) in [5, 5.41) is 2.39. The normalized spacial score (nSPS) is 17.7. The van der Waals surface area contributed by atoms with Crippen molar-refractivity contribution in [1.29, 1.82) is 0 Å². The summed E-state index contributed by atoms with van der Waals surface area (Å²) in [7, 11) is 2.52. The number of methoxy groups -OCH3 is 2. The number of hydrogen-bond donors (Lipinski definition) is 0. The molecule has 2 amide bonds. The van der Waals surface area contributed by atoms with Crippen LogP contribution in [0.1, 0.15) is 12.6 Å². The lowest BCUT2D eigenvalue weighted by molar-refractivity contribution is 0.0892. The molecule has 0 aliphatic carbocycles. The van der Waals surface area contributed by atoms with Gasteiger partial charge < -0.3 is 9.47 Å². The van der Waals surface area contributed by atoms with E-state index in [1.807, 2.05) is 6.92 Å². The number of carbonyl (C=O) groups excluding carboxylic acids is 2. The fourth-order valence-corrected chi connectivity index (χ4v) is 2.09. The van der Waals surface area contributed by atoms with Crippen molar-refractivity contribution in [3.63, 3.8) is 0 Å². The molecule has 1 unspecified atom stereocenters. The average molecular weight is 265 g/mol. The Bertz CT molecular complexity index is 506. The number of rotatable bonds is 0. The van der Waals surface area contributed by atoms with Gasteiger partial charge in [-0.2, -0.15) is 5.01 Å². The lowest BCUT2D eigenvalue weighted by Gasteiger charge is -2.40. The van der Waals surface area contributed by atoms with Crippen LogP contribution in [-0.2, 0) is 15.9 Å². The molecular formula is C12H15N3O4. The fourth-order valence-electron chi connectivity index (χ4n) is 2.09. The van der Waals surface area contributed by atoms with Gasteiger partial charge in [0.05, 0.1) is 31.6 Å². The van der Waals surface area contributed by atoms with Gasteiger partial charge in [-0.05, 0) is 19.1 Å². The van der Waals surface area contributed by atoms with Gasteiger partial charge in [0.2, 0.25) is 0 Å². The molecule has 1 aliphatic heterocycles. The summed E-state index contributed by atoms with van der Waals surface area (Å²) in [6, 6.07) is 3.15. The van der Waals surface area contributed by atoms with Crippen LogP contribution in [0.25, 0.3) is 0 Å². The van der Waals surface area contributed by atoms with Crippen LogP contribution in [0.4, 0.5) is 15.3 Å². The Labute approximate surface area is 110 Å². The predicted octanol–water partition coefficient (Wildman–Crippen LogP) is 1.58. The van der Waals surface area contributed by atoms with Crippen molar-refractivity contribution in [3.8, 4) is 0 Å². The van der Waals surface area contributed by atoms with Crippen molar-refractivity contribution in [3.05, 3.63) is 24.0 Å². The second kappa shape index (κ2) is 5.13. The number of anilines is 1. The minimum atomic E-state index is -0.661. The van der Waals surface area contributed by atoms with Gasteiger partial charge in [-0.25, -0.2) is 14.6 Å². The van der Waals surface area contributed by atoms with Gasteiger partial charge in [0, 0.05) is 12.6 Å². The topological polar surface area (TPSA) is 72.0 Å². The summed E-state index contributed by atoms with van der Waals surface area (Å²) in [6.07, 6.45) is 0.909. The first-order valence-corrected chi connectivity index (χ1v) is 5.79. The van der Waals surface area contributed by atoms with Crippen LogP contribution < -0.4 is 5.01 Å². The minimum Gasteiger partial charge on any atom is -0.451 e. The number of hydrogen-bond acceptors (Lipinski definition) is 5. The van der Waals surface area contributed by atoms with Crippen molar-refractivity contribution < 1.29 is 19.1 Å². The van der Waals surface area contributed by atoms with Gasteiger partial charge in [0.1, 0.15) is 0 Å². The number of carbonyl (C=O) groups is 2. The summed E-state index contributed by atoms with van der Waals surface area (Å²) < 4.78 is 9.45. The summed E-state index contributed by atoms with van der Waals surface area (Å²) in [5.74, 6) is 0. The van der Waals surface area contributed by atoms with Crippen molar-refractivity contribution in [1.82, 2.24) is 9.99 Å². The number of ether oxygens (including phenoxy) is 2. The predicted molar refractivity (Wildman–Crippen MR) is 66.5 cm³/mol. The lowest BCUT2D eigenvalue weighted by atomic mass is 10.1. The van der Waals surface area contributed by atoms with E-state index in [-0.39, 0.29) is 6.04 Å². The van der Waals surface area contributed by atoms with Crippen LogP contribution in [0.5, 0.6) is 0 Å². The molecule has 1 aromatic heterocycles. The van der Waals surface area contributed by atoms with Crippen molar-refractivity contribution in [2.24, 2.45) is 0 Å². The Morgan fingerprint density at radius 3 is 2.63 bits per heavy atom. The molecule has 7 heteroatoms. The molecule has 2 rings (SSSR count). The van der Waals surface area contributed by atoms with E-state index in [1.165, 1.54) is 19.2 Å². The zero-order chi connectivity index (χ0) is 14.0. The zero-order valence-electron chi connectivity index (χ0n) is 11.0. The molecular weight excluding hydrogens is 250 g/mol. The summed E-state index contributed by atoms with van der Waals surface area (Å²) in [4.78, 5) is 28.0. The second-order valence-electron chi connectivity index (χ2n) is 4.12. The van der Waals surface area contributed by atoms with Crippen LogP contribution in [0, 0.1) is 0 Å². The highest BCUT2D eigenvalue weighted by Crippen LogP contribution is 2.30. The third kappa shape index (κ3) is 2.18. The van der Waals surface area contributed by atoms with E-state index < -0.39 is 12.2 Å². The first-order chi connectivity index (χ1) is 9.10. The minimum absolute atomic E-state index is 0.256. The van der Waals surface area contributed by atoms with E-state index in [9.17, 15) is 9.59 Å². The molecule has 0 radical (unpaired) electrons. The van der Waals surface area contributed by atoms with Gasteiger partial charge in [-0.15, -0.1) is 0 Å². The fraction of sp³-hybridized carbons (Fsp3) is 0.417. The van der Waals surface area contributed by atoms with Gasteiger partial charge in [0.15, 0.2) is 0 Å². The number of nitrogens with zero attached hydrogens (tertiary/aromatic N) is 3. The summed E-state index contributed by atoms with van der Waals surface area (Å²) in [5.41, 5.74) is 1.26. The van der Waals surface area contributed by atoms with Crippen molar-refractivity contribution in [2.75, 3.05) is 19.2 Å². The lowest BCUT2D eigenvalue weighted by Crippen LogP contribution is -2.57. The number of hydrazine groups is 1. The molecule has 1 aromatic rings. The van der Waals surface area contributed by atoms with Crippen molar-refractivity contribution >= 4 is 17.9 Å². The van der Waals surface area contributed by atoms with Crippen LogP contribution in [0.15, 0.2) is 18.3 Å². The maximum Gasteiger partial charge on any atom is 0.433 e. The summed E-state index contributed by atoms with van der Waals surface area (Å²) >= 11 is 0. The number of aromatic nitrogens is 1. The Kier molecular flexibility index (Phi) is 3.55. The smallest absolute Gasteiger partial charge is 0.433 e. The molecule has 19 heavy (non-hydrogen) atoms. The van der Waals surface area contributed by atoms with Crippen LogP contribution in [-0.4, -0.2) is 42.4 Å². The molecule has 0 saturated heterocycles. The van der Waals surface area contributed by atoms with Gasteiger partial charge >= 0.3 is 12.2 Å². The van der Waals surface area contributed by atoms with Crippen LogP contribution in [0.2, 0.25) is 0 Å². The van der Waals surface area contributed by atoms with Gasteiger partial charge in [-0.1, -0.05) is 0 Å². The molecule has 7 nitrogen and oxygen atoms in total. The van der Waals surface area contributed by atoms with E-state index in [0.29, 0.717) is 12.1 Å². The third-order valence-electron chi connectivity index (χ3n) is 2.93. The highest BCUT2D eigenvalue weighted by molar-refractivity contribution is 5.91. The first kappa shape index (κ1) is 13.1. The number of amides is 2. The molecule has 0 aromatic carbocycles. The van der Waals surface area contributed by atoms with E-state index >= 15 is 0 Å². The van der Waals surface area contributed by atoms with Gasteiger partial charge in [0.25, 0.3) is 0 Å². The molecule has 1 aliphatic rings. The van der Waals surface area contributed by atoms with E-state index in [4.69, 9.17) is 9.47 Å². The van der Waals surface area contributed by atoms with Crippen molar-refractivity contribution in [2.45, 2.75) is 19.4 Å². The second-order valence-corrected chi connectivity index (χ2v) is 4.12. The largest absolute Gasteiger partial charge is 0.451 e. The molecule has 0 bridgehead atoms. The molecule has 0 N–H and O–H groups in total. The summed E-state index contributed by atoms with van der Waals surface area (Å²) in [6.45, 7) is 1.81. The van der Waals surface area contributed by atoms with E-state index in [1.54, 1.807) is 18.3 Å². The Morgan fingerprint density at radius 1 is 1.32 bits per heavy atom. The molecule has 102 valence electrons. The maximum absolute atomic E-state index is 11.9. The third-order valence-corrected chi connectivity index (χ3v) is 2.93. The molecule has 1 atom stereocenters. The van der Waals surface area contributed by atoms with Crippen LogP contribution in [0.3, 0.4) is 0 Å². The number of fused-ring (bicyclic) bond motifs is 1. The molecule has 2 heterocycles. The van der Waals surface area contributed by atoms with Crippen LogP contribution >= 0.6 is 0 Å². The number of pyridine rings is 1. The zero-order valence-corrected chi connectivity index (χ0v) is 11.0. The monoisotopic (exact) mass is 265 g/mol. The first-order valence-electron chi connectivity index (χ1n) is 5.79. The standard InChI is InChI=1S/C12H15N3O4/c1-8-7-9-10(5-4-6-13-9)15(12(17)19-3)14(8)11(16)18-2/h4-6,8H,7H2,1-3H3. The van der Waals surface area contributed by atoms with E-state index in [2.05, 4.69) is 4.98 Å². The van der Waals surface area contributed by atoms with E-state index in [0.717, 1.165) is 10.7 Å². The molecule has 0 fully saturated rings. The Hall–Kier alpha value is -2.31. The average Bonchev–Trinajstić information content (AvgIpc) is 2.44. The Balaban J connectivity index is 2.50. The maximum atomic E-state index is 11.9. The highest BCUT2D eigenvalue weighted by atomic mass is 16.6. The highest BCUT2D eigenvalue weighted by Gasteiger charge is 2.39. The Morgan fingerprint density at radius 2 is 2.00 bits per heavy atom. The SMILES string of the molecule is COC(=O)N1c2cccnc2CC(C)N1C(=O)OC.